The van der Waals surface area contributed by atoms with Crippen LogP contribution in [0.25, 0.3) is 0 Å². The molecule has 0 aliphatic rings. The lowest BCUT2D eigenvalue weighted by molar-refractivity contribution is -0.118. The lowest BCUT2D eigenvalue weighted by Gasteiger charge is -2.18. The SMILES string of the molecule is CCOc1cc(NC(=O)c2ccccc2)c(OCC)cc1NC(=O)COc1ccccc1CC. The Hall–Kier alpha value is -4.00. The maximum absolute atomic E-state index is 12.7. The molecule has 0 fully saturated rings. The highest BCUT2D eigenvalue weighted by molar-refractivity contribution is 6.05. The highest BCUT2D eigenvalue weighted by Crippen LogP contribution is 2.37. The van der Waals surface area contributed by atoms with E-state index in [-0.39, 0.29) is 18.4 Å². The Morgan fingerprint density at radius 3 is 1.91 bits per heavy atom. The number of rotatable bonds is 11. The molecule has 3 aromatic rings. The third-order valence-electron chi connectivity index (χ3n) is 4.95. The van der Waals surface area contributed by atoms with E-state index in [2.05, 4.69) is 10.6 Å². The van der Waals surface area contributed by atoms with Crippen molar-refractivity contribution in [3.05, 3.63) is 77.9 Å². The number of para-hydroxylation sites is 1. The van der Waals surface area contributed by atoms with Crippen molar-refractivity contribution in [2.24, 2.45) is 0 Å². The van der Waals surface area contributed by atoms with E-state index in [1.165, 1.54) is 0 Å². The third kappa shape index (κ3) is 6.51. The average molecular weight is 463 g/mol. The number of aryl methyl sites for hydroxylation is 1. The van der Waals surface area contributed by atoms with Gasteiger partial charge in [0.15, 0.2) is 6.61 Å². The molecule has 0 radical (unpaired) electrons. The van der Waals surface area contributed by atoms with E-state index in [1.54, 1.807) is 36.4 Å². The summed E-state index contributed by atoms with van der Waals surface area (Å²) in [5.74, 6) is 0.901. The minimum absolute atomic E-state index is 0.154. The summed E-state index contributed by atoms with van der Waals surface area (Å²) in [5, 5.41) is 5.70. The summed E-state index contributed by atoms with van der Waals surface area (Å²) >= 11 is 0. The van der Waals surface area contributed by atoms with Crippen LogP contribution >= 0.6 is 0 Å². The molecule has 7 nitrogen and oxygen atoms in total. The minimum atomic E-state index is -0.338. The Morgan fingerprint density at radius 1 is 0.706 bits per heavy atom. The van der Waals surface area contributed by atoms with Crippen molar-refractivity contribution in [3.63, 3.8) is 0 Å². The van der Waals surface area contributed by atoms with Crippen LogP contribution in [0.1, 0.15) is 36.7 Å². The zero-order valence-corrected chi connectivity index (χ0v) is 19.7. The van der Waals surface area contributed by atoms with E-state index in [0.717, 1.165) is 12.0 Å². The van der Waals surface area contributed by atoms with Crippen molar-refractivity contribution >= 4 is 23.2 Å². The fraction of sp³-hybridized carbons (Fsp3) is 0.259. The molecule has 0 bridgehead atoms. The second kappa shape index (κ2) is 12.3. The number of amides is 2. The molecule has 3 aromatic carbocycles. The zero-order chi connectivity index (χ0) is 24.3. The molecule has 0 aromatic heterocycles. The van der Waals surface area contributed by atoms with E-state index in [4.69, 9.17) is 14.2 Å². The van der Waals surface area contributed by atoms with Crippen LogP contribution in [0.15, 0.2) is 66.7 Å². The Balaban J connectivity index is 1.79. The zero-order valence-electron chi connectivity index (χ0n) is 19.7. The standard InChI is InChI=1S/C27H30N2O5/c1-4-19-12-10-11-15-23(19)34-18-26(30)28-21-16-25(33-6-3)22(17-24(21)32-5-2)29-27(31)20-13-8-7-9-14-20/h7-17H,4-6,18H2,1-3H3,(H,28,30)(H,29,31). The van der Waals surface area contributed by atoms with Gasteiger partial charge in [-0.2, -0.15) is 0 Å². The van der Waals surface area contributed by atoms with Crippen molar-refractivity contribution in [3.8, 4) is 17.2 Å². The van der Waals surface area contributed by atoms with Gasteiger partial charge < -0.3 is 24.8 Å². The van der Waals surface area contributed by atoms with Crippen LogP contribution < -0.4 is 24.8 Å². The molecule has 0 saturated carbocycles. The van der Waals surface area contributed by atoms with Gasteiger partial charge in [-0.3, -0.25) is 9.59 Å². The van der Waals surface area contributed by atoms with Gasteiger partial charge in [-0.15, -0.1) is 0 Å². The fourth-order valence-corrected chi connectivity index (χ4v) is 3.36. The fourth-order valence-electron chi connectivity index (χ4n) is 3.36. The lowest BCUT2D eigenvalue weighted by atomic mass is 10.1. The number of nitrogens with one attached hydrogen (secondary N) is 2. The van der Waals surface area contributed by atoms with Gasteiger partial charge in [0, 0.05) is 17.7 Å². The van der Waals surface area contributed by atoms with E-state index >= 15 is 0 Å². The highest BCUT2D eigenvalue weighted by atomic mass is 16.5. The van der Waals surface area contributed by atoms with Gasteiger partial charge in [-0.1, -0.05) is 43.3 Å². The molecule has 0 heterocycles. The van der Waals surface area contributed by atoms with Gasteiger partial charge in [0.1, 0.15) is 17.2 Å². The number of carbonyl (C=O) groups excluding carboxylic acids is 2. The molecule has 0 unspecified atom stereocenters. The molecule has 0 spiro atoms. The molecule has 0 saturated heterocycles. The molecule has 3 rings (SSSR count). The second-order valence-corrected chi connectivity index (χ2v) is 7.33. The maximum atomic E-state index is 12.7. The van der Waals surface area contributed by atoms with E-state index in [1.807, 2.05) is 51.1 Å². The summed E-state index contributed by atoms with van der Waals surface area (Å²) in [6, 6.07) is 19.8. The van der Waals surface area contributed by atoms with Crippen molar-refractivity contribution in [1.29, 1.82) is 0 Å². The van der Waals surface area contributed by atoms with Crippen LogP contribution in [0, 0.1) is 0 Å². The Bertz CT molecular complexity index is 1120. The predicted molar refractivity (Wildman–Crippen MR) is 133 cm³/mol. The first-order valence-corrected chi connectivity index (χ1v) is 11.4. The van der Waals surface area contributed by atoms with Crippen molar-refractivity contribution in [1.82, 2.24) is 0 Å². The molecular weight excluding hydrogens is 432 g/mol. The summed E-state index contributed by atoms with van der Waals surface area (Å²) in [5.41, 5.74) is 2.43. The first-order chi connectivity index (χ1) is 16.5. The molecule has 7 heteroatoms. The van der Waals surface area contributed by atoms with E-state index in [9.17, 15) is 9.59 Å². The monoisotopic (exact) mass is 462 g/mol. The van der Waals surface area contributed by atoms with Gasteiger partial charge in [0.25, 0.3) is 11.8 Å². The molecule has 2 N–H and O–H groups in total. The van der Waals surface area contributed by atoms with Crippen molar-refractivity contribution in [2.45, 2.75) is 27.2 Å². The van der Waals surface area contributed by atoms with Gasteiger partial charge in [-0.05, 0) is 44.0 Å². The smallest absolute Gasteiger partial charge is 0.262 e. The van der Waals surface area contributed by atoms with E-state index < -0.39 is 0 Å². The number of benzene rings is 3. The molecule has 178 valence electrons. The topological polar surface area (TPSA) is 85.9 Å². The van der Waals surface area contributed by atoms with Gasteiger partial charge in [0.05, 0.1) is 24.6 Å². The average Bonchev–Trinajstić information content (AvgIpc) is 2.86. The lowest BCUT2D eigenvalue weighted by Crippen LogP contribution is -2.21. The predicted octanol–water partition coefficient (Wildman–Crippen LogP) is 5.32. The Labute approximate surface area is 200 Å². The van der Waals surface area contributed by atoms with Crippen LogP contribution in [0.3, 0.4) is 0 Å². The van der Waals surface area contributed by atoms with Crippen molar-refractivity contribution in [2.75, 3.05) is 30.5 Å². The molecule has 0 aliphatic carbocycles. The van der Waals surface area contributed by atoms with Gasteiger partial charge in [-0.25, -0.2) is 0 Å². The number of hydrogen-bond donors (Lipinski definition) is 2. The first-order valence-electron chi connectivity index (χ1n) is 11.4. The van der Waals surface area contributed by atoms with Gasteiger partial charge >= 0.3 is 0 Å². The number of anilines is 2. The van der Waals surface area contributed by atoms with Crippen LogP contribution in [-0.4, -0.2) is 31.6 Å². The van der Waals surface area contributed by atoms with Gasteiger partial charge in [0.2, 0.25) is 0 Å². The molecular formula is C27H30N2O5. The molecule has 0 aliphatic heterocycles. The molecule has 34 heavy (non-hydrogen) atoms. The summed E-state index contributed by atoms with van der Waals surface area (Å²) in [4.78, 5) is 25.3. The summed E-state index contributed by atoms with van der Waals surface area (Å²) in [6.45, 7) is 6.32. The summed E-state index contributed by atoms with van der Waals surface area (Å²) in [6.07, 6.45) is 0.806. The van der Waals surface area contributed by atoms with E-state index in [0.29, 0.717) is 47.4 Å². The highest BCUT2D eigenvalue weighted by Gasteiger charge is 2.17. The normalized spacial score (nSPS) is 10.3. The molecule has 2 amide bonds. The number of hydrogen-bond acceptors (Lipinski definition) is 5. The molecule has 0 atom stereocenters. The van der Waals surface area contributed by atoms with Crippen molar-refractivity contribution < 1.29 is 23.8 Å². The first kappa shape index (κ1) is 24.6. The minimum Gasteiger partial charge on any atom is -0.492 e. The van der Waals surface area contributed by atoms with Crippen LogP contribution in [0.2, 0.25) is 0 Å². The number of ether oxygens (including phenoxy) is 3. The number of carbonyl (C=O) groups is 2. The third-order valence-corrected chi connectivity index (χ3v) is 4.95. The summed E-state index contributed by atoms with van der Waals surface area (Å²) < 4.78 is 17.2. The van der Waals surface area contributed by atoms with Crippen LogP contribution in [0.4, 0.5) is 11.4 Å². The van der Waals surface area contributed by atoms with Crippen LogP contribution in [0.5, 0.6) is 17.2 Å². The quantitative estimate of drug-likeness (QED) is 0.403. The second-order valence-electron chi connectivity index (χ2n) is 7.33. The Kier molecular flexibility index (Phi) is 8.91. The van der Waals surface area contributed by atoms with Crippen LogP contribution in [-0.2, 0) is 11.2 Å². The summed E-state index contributed by atoms with van der Waals surface area (Å²) in [7, 11) is 0. The Morgan fingerprint density at radius 2 is 1.29 bits per heavy atom. The maximum Gasteiger partial charge on any atom is 0.262 e. The largest absolute Gasteiger partial charge is 0.492 e.